The molecular weight excluding hydrogens is 136 g/mol. The minimum Gasteiger partial charge on any atom is -0.401 e. The molecule has 2 bridgehead atoms. The average molecular weight is 152 g/mol. The predicted molar refractivity (Wildman–Crippen MR) is 46.0 cm³/mol. The van der Waals surface area contributed by atoms with Gasteiger partial charge in [-0.3, -0.25) is 4.90 Å². The number of rotatable bonds is 0. The van der Waals surface area contributed by atoms with Gasteiger partial charge in [-0.15, -0.1) is 0 Å². The molecule has 0 aliphatic carbocycles. The molecule has 0 radical (unpaired) electrons. The number of nitrogens with two attached hydrogens (primary N) is 1. The zero-order chi connectivity index (χ0) is 8.01. The molecule has 0 saturated carbocycles. The van der Waals surface area contributed by atoms with Crippen molar-refractivity contribution in [3.05, 3.63) is 11.3 Å². The third-order valence-corrected chi connectivity index (χ3v) is 3.29. The Morgan fingerprint density at radius 3 is 3.00 bits per heavy atom. The highest BCUT2D eigenvalue weighted by atomic mass is 15.2. The van der Waals surface area contributed by atoms with Crippen molar-refractivity contribution in [2.45, 2.75) is 26.3 Å². The molecule has 0 aromatic rings. The van der Waals surface area contributed by atoms with Crippen LogP contribution in [0.1, 0.15) is 20.3 Å². The summed E-state index contributed by atoms with van der Waals surface area (Å²) in [5.74, 6) is 0.770. The van der Waals surface area contributed by atoms with Crippen molar-refractivity contribution in [3.63, 3.8) is 0 Å². The number of nitrogens with zero attached hydrogens (tertiary/aromatic N) is 1. The van der Waals surface area contributed by atoms with Crippen LogP contribution in [0.15, 0.2) is 11.3 Å². The highest BCUT2D eigenvalue weighted by Gasteiger charge is 2.34. The zero-order valence-corrected chi connectivity index (χ0v) is 7.30. The largest absolute Gasteiger partial charge is 0.401 e. The molecule has 11 heavy (non-hydrogen) atoms. The smallest absolute Gasteiger partial charge is 0.0464 e. The van der Waals surface area contributed by atoms with Gasteiger partial charge in [0.15, 0.2) is 0 Å². The Labute approximate surface area is 68.1 Å². The summed E-state index contributed by atoms with van der Waals surface area (Å²) in [6.07, 6.45) is 1.32. The predicted octanol–water partition coefficient (Wildman–Crippen LogP) is 0.943. The number of hydrogen-bond donors (Lipinski definition) is 1. The fourth-order valence-electron chi connectivity index (χ4n) is 2.25. The molecule has 3 atom stereocenters. The lowest BCUT2D eigenvalue weighted by molar-refractivity contribution is 0.265. The van der Waals surface area contributed by atoms with Crippen molar-refractivity contribution in [2.75, 3.05) is 13.1 Å². The molecule has 0 aromatic heterocycles. The van der Waals surface area contributed by atoms with E-state index in [0.717, 1.165) is 11.6 Å². The summed E-state index contributed by atoms with van der Waals surface area (Å²) in [5, 5.41) is 0. The van der Waals surface area contributed by atoms with Crippen molar-refractivity contribution < 1.29 is 0 Å². The Morgan fingerprint density at radius 2 is 2.27 bits per heavy atom. The monoisotopic (exact) mass is 152 g/mol. The van der Waals surface area contributed by atoms with Gasteiger partial charge in [0, 0.05) is 18.3 Å². The van der Waals surface area contributed by atoms with E-state index in [0.29, 0.717) is 6.04 Å². The van der Waals surface area contributed by atoms with E-state index < -0.39 is 0 Å². The van der Waals surface area contributed by atoms with E-state index in [1.807, 2.05) is 0 Å². The van der Waals surface area contributed by atoms with E-state index in [2.05, 4.69) is 18.7 Å². The Hall–Kier alpha value is -0.500. The van der Waals surface area contributed by atoms with E-state index in [-0.39, 0.29) is 0 Å². The van der Waals surface area contributed by atoms with Gasteiger partial charge in [-0.25, -0.2) is 0 Å². The van der Waals surface area contributed by atoms with E-state index in [4.69, 9.17) is 5.73 Å². The standard InChI is InChI=1S/C9H16N2/c1-6-8-3-4-11(5-8)7(2)9(6)10/h7-8H,3-5,10H2,1-2H3. The summed E-state index contributed by atoms with van der Waals surface area (Å²) >= 11 is 0. The molecule has 2 aliphatic rings. The SMILES string of the molecule is CC1=C(N)C(C)N2CCC1C2. The molecule has 1 saturated heterocycles. The van der Waals surface area contributed by atoms with Crippen molar-refractivity contribution in [1.29, 1.82) is 0 Å². The molecule has 62 valence electrons. The summed E-state index contributed by atoms with van der Waals surface area (Å²) < 4.78 is 0. The van der Waals surface area contributed by atoms with Gasteiger partial charge < -0.3 is 5.73 Å². The highest BCUT2D eigenvalue weighted by molar-refractivity contribution is 5.23. The van der Waals surface area contributed by atoms with Gasteiger partial charge in [0.2, 0.25) is 0 Å². The Morgan fingerprint density at radius 1 is 1.55 bits per heavy atom. The number of hydrogen-bond acceptors (Lipinski definition) is 2. The minimum atomic E-state index is 0.494. The van der Waals surface area contributed by atoms with Crippen LogP contribution in [0.3, 0.4) is 0 Å². The molecular formula is C9H16N2. The normalized spacial score (nSPS) is 43.3. The fourth-order valence-corrected chi connectivity index (χ4v) is 2.25. The quantitative estimate of drug-likeness (QED) is 0.560. The van der Waals surface area contributed by atoms with Gasteiger partial charge >= 0.3 is 0 Å². The molecule has 3 unspecified atom stereocenters. The molecule has 1 fully saturated rings. The van der Waals surface area contributed by atoms with Crippen LogP contribution in [0.2, 0.25) is 0 Å². The van der Waals surface area contributed by atoms with Gasteiger partial charge in [-0.05, 0) is 38.3 Å². The van der Waals surface area contributed by atoms with Gasteiger partial charge in [-0.2, -0.15) is 0 Å². The lowest BCUT2D eigenvalue weighted by Gasteiger charge is -2.31. The Kier molecular flexibility index (Phi) is 1.46. The Balaban J connectivity index is 2.34. The van der Waals surface area contributed by atoms with Crippen molar-refractivity contribution in [3.8, 4) is 0 Å². The summed E-state index contributed by atoms with van der Waals surface area (Å²) in [6, 6.07) is 0.494. The summed E-state index contributed by atoms with van der Waals surface area (Å²) in [6.45, 7) is 6.89. The van der Waals surface area contributed by atoms with Gasteiger partial charge in [0.1, 0.15) is 0 Å². The highest BCUT2D eigenvalue weighted by Crippen LogP contribution is 2.32. The molecule has 0 spiro atoms. The van der Waals surface area contributed by atoms with Gasteiger partial charge in [-0.1, -0.05) is 0 Å². The second kappa shape index (κ2) is 2.24. The molecule has 0 amide bonds. The van der Waals surface area contributed by atoms with E-state index >= 15 is 0 Å². The zero-order valence-electron chi connectivity index (χ0n) is 7.30. The molecule has 2 aliphatic heterocycles. The van der Waals surface area contributed by atoms with Crippen LogP contribution in [0.4, 0.5) is 0 Å². The van der Waals surface area contributed by atoms with Crippen LogP contribution in [0, 0.1) is 5.92 Å². The third kappa shape index (κ3) is 0.890. The second-order valence-electron chi connectivity index (χ2n) is 3.79. The minimum absolute atomic E-state index is 0.494. The van der Waals surface area contributed by atoms with Crippen LogP contribution in [-0.4, -0.2) is 24.0 Å². The second-order valence-corrected chi connectivity index (χ2v) is 3.79. The van der Waals surface area contributed by atoms with Crippen LogP contribution < -0.4 is 5.73 Å². The molecule has 2 N–H and O–H groups in total. The van der Waals surface area contributed by atoms with Crippen LogP contribution in [0.25, 0.3) is 0 Å². The van der Waals surface area contributed by atoms with E-state index in [9.17, 15) is 0 Å². The summed E-state index contributed by atoms with van der Waals surface area (Å²) in [4.78, 5) is 2.48. The lowest BCUT2D eigenvalue weighted by atomic mass is 9.93. The molecule has 2 rings (SSSR count). The van der Waals surface area contributed by atoms with Crippen LogP contribution in [0.5, 0.6) is 0 Å². The Bertz CT molecular complexity index is 204. The number of fused-ring (bicyclic) bond motifs is 2. The first-order valence-electron chi connectivity index (χ1n) is 4.40. The maximum atomic E-state index is 5.98. The summed E-state index contributed by atoms with van der Waals surface area (Å²) in [7, 11) is 0. The fraction of sp³-hybridized carbons (Fsp3) is 0.778. The maximum Gasteiger partial charge on any atom is 0.0464 e. The van der Waals surface area contributed by atoms with E-state index in [1.54, 1.807) is 0 Å². The summed E-state index contributed by atoms with van der Waals surface area (Å²) in [5.41, 5.74) is 8.55. The molecule has 2 heterocycles. The lowest BCUT2D eigenvalue weighted by Crippen LogP contribution is -2.39. The third-order valence-electron chi connectivity index (χ3n) is 3.29. The first kappa shape index (κ1) is 7.17. The van der Waals surface area contributed by atoms with Crippen LogP contribution in [-0.2, 0) is 0 Å². The maximum absolute atomic E-state index is 5.98. The first-order chi connectivity index (χ1) is 5.20. The molecule has 2 heteroatoms. The van der Waals surface area contributed by atoms with Crippen LogP contribution >= 0.6 is 0 Å². The van der Waals surface area contributed by atoms with Crippen molar-refractivity contribution in [2.24, 2.45) is 11.7 Å². The van der Waals surface area contributed by atoms with Gasteiger partial charge in [0.25, 0.3) is 0 Å². The molecule has 0 aromatic carbocycles. The average Bonchev–Trinajstić information content (AvgIpc) is 2.44. The van der Waals surface area contributed by atoms with E-state index in [1.165, 1.54) is 25.1 Å². The van der Waals surface area contributed by atoms with Gasteiger partial charge in [0.05, 0.1) is 0 Å². The van der Waals surface area contributed by atoms with Crippen molar-refractivity contribution >= 4 is 0 Å². The first-order valence-corrected chi connectivity index (χ1v) is 4.40. The topological polar surface area (TPSA) is 29.3 Å². The molecule has 2 nitrogen and oxygen atoms in total. The van der Waals surface area contributed by atoms with Crippen molar-refractivity contribution in [1.82, 2.24) is 4.90 Å².